The maximum absolute atomic E-state index is 12.9. The zero-order valence-corrected chi connectivity index (χ0v) is 16.6. The molecule has 1 atom stereocenters. The second-order valence-corrected chi connectivity index (χ2v) is 7.24. The molecule has 3 heterocycles. The summed E-state index contributed by atoms with van der Waals surface area (Å²) in [7, 11) is 1.71. The number of rotatable bonds is 4. The van der Waals surface area contributed by atoms with Crippen LogP contribution in [-0.4, -0.2) is 49.9 Å². The first kappa shape index (κ1) is 18.9. The van der Waals surface area contributed by atoms with Crippen molar-refractivity contribution in [2.75, 3.05) is 11.9 Å². The van der Waals surface area contributed by atoms with E-state index >= 15 is 0 Å². The maximum atomic E-state index is 12.9. The maximum Gasteiger partial charge on any atom is 0.291 e. The van der Waals surface area contributed by atoms with Crippen LogP contribution in [0.15, 0.2) is 30.3 Å². The molecule has 1 aliphatic rings. The van der Waals surface area contributed by atoms with Crippen molar-refractivity contribution in [3.63, 3.8) is 0 Å². The summed E-state index contributed by atoms with van der Waals surface area (Å²) in [6, 6.07) is 9.14. The summed E-state index contributed by atoms with van der Waals surface area (Å²) in [4.78, 5) is 31.4. The van der Waals surface area contributed by atoms with E-state index in [9.17, 15) is 9.59 Å². The summed E-state index contributed by atoms with van der Waals surface area (Å²) in [6.45, 7) is 4.40. The minimum absolute atomic E-state index is 0.0281. The van der Waals surface area contributed by atoms with E-state index in [1.165, 1.54) is 0 Å². The molecule has 9 heteroatoms. The van der Waals surface area contributed by atoms with Gasteiger partial charge in [-0.2, -0.15) is 5.10 Å². The fourth-order valence-corrected chi connectivity index (χ4v) is 3.57. The third-order valence-electron chi connectivity index (χ3n) is 5.22. The highest BCUT2D eigenvalue weighted by Crippen LogP contribution is 2.26. The smallest absolute Gasteiger partial charge is 0.291 e. The number of amides is 2. The number of H-pyrrole nitrogens is 1. The van der Waals surface area contributed by atoms with Crippen molar-refractivity contribution in [3.05, 3.63) is 58.8 Å². The summed E-state index contributed by atoms with van der Waals surface area (Å²) in [6.07, 6.45) is 0.996. The van der Waals surface area contributed by atoms with Crippen molar-refractivity contribution in [2.45, 2.75) is 39.3 Å². The first-order valence-electron chi connectivity index (χ1n) is 9.51. The number of carbonyl (C=O) groups is 2. The molecule has 29 heavy (non-hydrogen) atoms. The molecule has 150 valence electrons. The number of nitrogens with one attached hydrogen (secondary N) is 2. The van der Waals surface area contributed by atoms with E-state index in [4.69, 9.17) is 0 Å². The van der Waals surface area contributed by atoms with Gasteiger partial charge in [-0.1, -0.05) is 30.3 Å². The third kappa shape index (κ3) is 3.63. The van der Waals surface area contributed by atoms with Crippen LogP contribution < -0.4 is 10.2 Å². The Morgan fingerprint density at radius 2 is 2.03 bits per heavy atom. The highest BCUT2D eigenvalue weighted by Gasteiger charge is 2.32. The lowest BCUT2D eigenvalue weighted by atomic mass is 10.1. The highest BCUT2D eigenvalue weighted by atomic mass is 16.2. The summed E-state index contributed by atoms with van der Waals surface area (Å²) in [5.74, 6) is 0.740. The van der Waals surface area contributed by atoms with Crippen LogP contribution in [0.3, 0.4) is 0 Å². The Morgan fingerprint density at radius 1 is 1.28 bits per heavy atom. The van der Waals surface area contributed by atoms with Crippen molar-refractivity contribution < 1.29 is 9.59 Å². The van der Waals surface area contributed by atoms with Crippen LogP contribution in [-0.2, 0) is 17.8 Å². The summed E-state index contributed by atoms with van der Waals surface area (Å²) in [5.41, 5.74) is 2.93. The average molecular weight is 393 g/mol. The summed E-state index contributed by atoms with van der Waals surface area (Å²) < 4.78 is 1.82. The second kappa shape index (κ2) is 7.50. The number of aromatic amines is 1. The van der Waals surface area contributed by atoms with Crippen LogP contribution >= 0.6 is 0 Å². The van der Waals surface area contributed by atoms with E-state index in [0.29, 0.717) is 25.2 Å². The molecule has 1 aromatic carbocycles. The number of likely N-dealkylation sites (N-methyl/N-ethyl adjacent to an activating group) is 1. The minimum Gasteiger partial charge on any atom is -0.337 e. The minimum atomic E-state index is -0.662. The average Bonchev–Trinajstić information content (AvgIpc) is 3.26. The molecule has 3 aromatic rings. The Kier molecular flexibility index (Phi) is 4.87. The Balaban J connectivity index is 1.45. The number of aryl methyl sites for hydroxylation is 2. The van der Waals surface area contributed by atoms with Gasteiger partial charge in [0.1, 0.15) is 17.7 Å². The summed E-state index contributed by atoms with van der Waals surface area (Å²) in [5, 5.41) is 14.1. The second-order valence-electron chi connectivity index (χ2n) is 7.24. The van der Waals surface area contributed by atoms with Crippen molar-refractivity contribution in [1.29, 1.82) is 0 Å². The lowest BCUT2D eigenvalue weighted by molar-refractivity contribution is -0.120. The van der Waals surface area contributed by atoms with E-state index in [-0.39, 0.29) is 11.7 Å². The van der Waals surface area contributed by atoms with Gasteiger partial charge in [-0.25, -0.2) is 9.67 Å². The van der Waals surface area contributed by atoms with Crippen molar-refractivity contribution in [3.8, 4) is 0 Å². The molecule has 2 amide bonds. The van der Waals surface area contributed by atoms with Gasteiger partial charge >= 0.3 is 0 Å². The van der Waals surface area contributed by atoms with Crippen LogP contribution in [0.2, 0.25) is 0 Å². The van der Waals surface area contributed by atoms with Crippen molar-refractivity contribution >= 4 is 17.6 Å². The predicted octanol–water partition coefficient (Wildman–Crippen LogP) is 1.37. The van der Waals surface area contributed by atoms with Crippen LogP contribution in [0.1, 0.15) is 39.7 Å². The van der Waals surface area contributed by atoms with E-state index in [1.807, 2.05) is 48.9 Å². The number of hydrogen-bond acceptors (Lipinski definition) is 5. The van der Waals surface area contributed by atoms with Gasteiger partial charge in [0.15, 0.2) is 0 Å². The zero-order chi connectivity index (χ0) is 20.5. The van der Waals surface area contributed by atoms with E-state index in [2.05, 4.69) is 25.6 Å². The first-order valence-corrected chi connectivity index (χ1v) is 9.51. The van der Waals surface area contributed by atoms with Gasteiger partial charge < -0.3 is 5.32 Å². The fourth-order valence-electron chi connectivity index (χ4n) is 3.57. The Labute approximate surface area is 168 Å². The molecule has 1 aliphatic heterocycles. The Morgan fingerprint density at radius 3 is 2.79 bits per heavy atom. The number of nitrogens with zero attached hydrogens (tertiary/aromatic N) is 5. The fraction of sp³-hybridized carbons (Fsp3) is 0.350. The Hall–Kier alpha value is -3.49. The molecule has 0 spiro atoms. The van der Waals surface area contributed by atoms with Crippen LogP contribution in [0, 0.1) is 13.8 Å². The molecule has 0 saturated heterocycles. The normalized spacial score (nSPS) is 16.4. The van der Waals surface area contributed by atoms with Crippen LogP contribution in [0.25, 0.3) is 0 Å². The van der Waals surface area contributed by atoms with E-state index in [1.54, 1.807) is 11.9 Å². The highest BCUT2D eigenvalue weighted by molar-refractivity contribution is 6.01. The molecule has 4 rings (SSSR count). The molecule has 0 fully saturated rings. The quantitative estimate of drug-likeness (QED) is 0.696. The molecule has 0 radical (unpaired) electrons. The molecule has 0 saturated carbocycles. The van der Waals surface area contributed by atoms with Gasteiger partial charge in [0.25, 0.3) is 11.8 Å². The van der Waals surface area contributed by atoms with Gasteiger partial charge in [0.2, 0.25) is 5.82 Å². The molecular weight excluding hydrogens is 370 g/mol. The molecule has 2 aromatic heterocycles. The van der Waals surface area contributed by atoms with E-state index < -0.39 is 11.9 Å². The van der Waals surface area contributed by atoms with Gasteiger partial charge in [-0.05, 0) is 25.8 Å². The molecule has 9 nitrogen and oxygen atoms in total. The molecule has 2 N–H and O–H groups in total. The number of anilines is 1. The predicted molar refractivity (Wildman–Crippen MR) is 107 cm³/mol. The number of fused-ring (bicyclic) bond motifs is 1. The number of aromatic nitrogens is 5. The van der Waals surface area contributed by atoms with Gasteiger partial charge in [-0.15, -0.1) is 5.10 Å². The largest absolute Gasteiger partial charge is 0.337 e. The van der Waals surface area contributed by atoms with Gasteiger partial charge in [0, 0.05) is 25.6 Å². The molecular formula is C20H23N7O2. The number of carbonyl (C=O) groups excluding carboxylic acids is 2. The number of hydrogen-bond donors (Lipinski definition) is 2. The molecule has 0 bridgehead atoms. The third-order valence-corrected chi connectivity index (χ3v) is 5.22. The van der Waals surface area contributed by atoms with E-state index in [0.717, 1.165) is 22.6 Å². The molecule has 0 aliphatic carbocycles. The SMILES string of the molecule is Cc1nn2c(c1C)N(C)C(=O)[C@@H](NC(=O)c1n[nH]c(Cc3ccccc3)n1)CC2. The standard InChI is InChI=1S/C20H23N7O2/c1-12-13(2)25-27-10-9-15(20(29)26(3)19(12)27)21-18(28)17-22-16(23-24-17)11-14-7-5-4-6-8-14/h4-8,15H,9-11H2,1-3H3,(H,21,28)(H,22,23,24)/t15-/m0/s1. The van der Waals surface area contributed by atoms with Crippen LogP contribution in [0.5, 0.6) is 0 Å². The Bertz CT molecular complexity index is 1050. The zero-order valence-electron chi connectivity index (χ0n) is 16.6. The van der Waals surface area contributed by atoms with Crippen LogP contribution in [0.4, 0.5) is 5.82 Å². The lowest BCUT2D eigenvalue weighted by Gasteiger charge is -2.20. The van der Waals surface area contributed by atoms with Gasteiger partial charge in [-0.3, -0.25) is 19.6 Å². The monoisotopic (exact) mass is 393 g/mol. The topological polar surface area (TPSA) is 109 Å². The van der Waals surface area contributed by atoms with Crippen molar-refractivity contribution in [2.24, 2.45) is 0 Å². The first-order chi connectivity index (χ1) is 13.9. The lowest BCUT2D eigenvalue weighted by Crippen LogP contribution is -2.47. The molecule has 0 unspecified atom stereocenters. The summed E-state index contributed by atoms with van der Waals surface area (Å²) >= 11 is 0. The van der Waals surface area contributed by atoms with Crippen molar-refractivity contribution in [1.82, 2.24) is 30.3 Å². The van der Waals surface area contributed by atoms with Gasteiger partial charge in [0.05, 0.1) is 5.69 Å². The number of benzene rings is 1.